The highest BCUT2D eigenvalue weighted by Gasteiger charge is 2.27. The molecule has 0 spiro atoms. The molecule has 0 atom stereocenters. The Bertz CT molecular complexity index is 547. The fraction of sp³-hybridized carbons (Fsp3) is 0.643. The molecular formula is C14H22N2O3S2. The van der Waals surface area contributed by atoms with E-state index in [2.05, 4.69) is 5.32 Å². The third-order valence-electron chi connectivity index (χ3n) is 3.76. The Hall–Kier alpha value is -0.920. The molecule has 0 unspecified atom stereocenters. The second-order valence-corrected chi connectivity index (χ2v) is 8.51. The van der Waals surface area contributed by atoms with E-state index in [1.807, 2.05) is 17.5 Å². The molecule has 1 N–H and O–H groups in total. The Morgan fingerprint density at radius 2 is 2.14 bits per heavy atom. The summed E-state index contributed by atoms with van der Waals surface area (Å²) >= 11 is 1.66. The van der Waals surface area contributed by atoms with E-state index in [-0.39, 0.29) is 17.7 Å². The molecule has 0 saturated carbocycles. The molecule has 0 radical (unpaired) electrons. The van der Waals surface area contributed by atoms with Crippen molar-refractivity contribution >= 4 is 27.3 Å². The number of aryl methyl sites for hydroxylation is 1. The molecule has 1 amide bonds. The number of hydrogen-bond donors (Lipinski definition) is 1. The molecule has 1 aromatic rings. The SMILES string of the molecule is CCS(=O)(=O)N1CCC(NC(=O)CCc2cccs2)CC1. The Balaban J connectivity index is 1.72. The lowest BCUT2D eigenvalue weighted by molar-refractivity contribution is -0.122. The van der Waals surface area contributed by atoms with Crippen molar-refractivity contribution < 1.29 is 13.2 Å². The van der Waals surface area contributed by atoms with Gasteiger partial charge in [-0.25, -0.2) is 12.7 Å². The number of carbonyl (C=O) groups is 1. The largest absolute Gasteiger partial charge is 0.353 e. The maximum atomic E-state index is 11.9. The van der Waals surface area contributed by atoms with Crippen molar-refractivity contribution in [1.29, 1.82) is 0 Å². The summed E-state index contributed by atoms with van der Waals surface area (Å²) in [4.78, 5) is 13.1. The predicted octanol–water partition coefficient (Wildman–Crippen LogP) is 1.61. The van der Waals surface area contributed by atoms with Crippen molar-refractivity contribution in [2.24, 2.45) is 0 Å². The molecule has 1 aliphatic heterocycles. The molecule has 1 aromatic heterocycles. The topological polar surface area (TPSA) is 66.5 Å². The van der Waals surface area contributed by atoms with E-state index in [9.17, 15) is 13.2 Å². The van der Waals surface area contributed by atoms with Crippen LogP contribution in [-0.2, 0) is 21.2 Å². The van der Waals surface area contributed by atoms with Gasteiger partial charge in [-0.3, -0.25) is 4.79 Å². The van der Waals surface area contributed by atoms with Gasteiger partial charge in [0.25, 0.3) is 0 Å². The number of sulfonamides is 1. The van der Waals surface area contributed by atoms with Crippen LogP contribution in [0.4, 0.5) is 0 Å². The summed E-state index contributed by atoms with van der Waals surface area (Å²) in [6.07, 6.45) is 2.66. The lowest BCUT2D eigenvalue weighted by atomic mass is 10.1. The summed E-state index contributed by atoms with van der Waals surface area (Å²) in [5.74, 6) is 0.199. The first-order valence-electron chi connectivity index (χ1n) is 7.31. The lowest BCUT2D eigenvalue weighted by Gasteiger charge is -2.31. The van der Waals surface area contributed by atoms with E-state index in [1.54, 1.807) is 18.3 Å². The summed E-state index contributed by atoms with van der Waals surface area (Å²) in [7, 11) is -3.09. The van der Waals surface area contributed by atoms with Crippen molar-refractivity contribution in [1.82, 2.24) is 9.62 Å². The number of nitrogens with one attached hydrogen (secondary N) is 1. The maximum Gasteiger partial charge on any atom is 0.220 e. The van der Waals surface area contributed by atoms with Gasteiger partial charge in [0, 0.05) is 30.4 Å². The fourth-order valence-electron chi connectivity index (χ4n) is 2.45. The zero-order valence-corrected chi connectivity index (χ0v) is 13.9. The van der Waals surface area contributed by atoms with Crippen LogP contribution in [0.15, 0.2) is 17.5 Å². The number of thiophene rings is 1. The first kappa shape index (κ1) is 16.5. The highest BCUT2D eigenvalue weighted by Crippen LogP contribution is 2.15. The van der Waals surface area contributed by atoms with Gasteiger partial charge in [0.1, 0.15) is 0 Å². The lowest BCUT2D eigenvalue weighted by Crippen LogP contribution is -2.46. The zero-order chi connectivity index (χ0) is 15.3. The molecule has 0 aromatic carbocycles. The molecular weight excluding hydrogens is 308 g/mol. The summed E-state index contributed by atoms with van der Waals surface area (Å²) in [5.41, 5.74) is 0. The van der Waals surface area contributed by atoms with Crippen molar-refractivity contribution in [2.45, 2.75) is 38.6 Å². The minimum absolute atomic E-state index is 0.0557. The Labute approximate surface area is 130 Å². The van der Waals surface area contributed by atoms with Crippen LogP contribution in [0, 0.1) is 0 Å². The van der Waals surface area contributed by atoms with Crippen LogP contribution in [0.25, 0.3) is 0 Å². The van der Waals surface area contributed by atoms with Crippen molar-refractivity contribution in [2.75, 3.05) is 18.8 Å². The van der Waals surface area contributed by atoms with Gasteiger partial charge >= 0.3 is 0 Å². The fourth-order valence-corrected chi connectivity index (χ4v) is 4.29. The molecule has 1 aliphatic rings. The van der Waals surface area contributed by atoms with Crippen molar-refractivity contribution in [3.05, 3.63) is 22.4 Å². The van der Waals surface area contributed by atoms with Crippen LogP contribution >= 0.6 is 11.3 Å². The Morgan fingerprint density at radius 3 is 2.71 bits per heavy atom. The van der Waals surface area contributed by atoms with Crippen LogP contribution in [0.1, 0.15) is 31.1 Å². The van der Waals surface area contributed by atoms with Gasteiger partial charge in [-0.2, -0.15) is 0 Å². The van der Waals surface area contributed by atoms with E-state index >= 15 is 0 Å². The molecule has 1 saturated heterocycles. The van der Waals surface area contributed by atoms with E-state index < -0.39 is 10.0 Å². The van der Waals surface area contributed by atoms with Gasteiger partial charge in [0.2, 0.25) is 15.9 Å². The molecule has 0 aliphatic carbocycles. The van der Waals surface area contributed by atoms with E-state index in [0.717, 1.165) is 6.42 Å². The van der Waals surface area contributed by atoms with E-state index in [4.69, 9.17) is 0 Å². The number of carbonyl (C=O) groups excluding carboxylic acids is 1. The second kappa shape index (κ2) is 7.38. The van der Waals surface area contributed by atoms with Crippen LogP contribution in [0.3, 0.4) is 0 Å². The summed E-state index contributed by atoms with van der Waals surface area (Å²) in [5, 5.41) is 5.03. The normalized spacial score (nSPS) is 17.8. The first-order chi connectivity index (χ1) is 10.0. The number of rotatable bonds is 6. The van der Waals surface area contributed by atoms with Gasteiger partial charge < -0.3 is 5.32 Å². The van der Waals surface area contributed by atoms with Gasteiger partial charge in [-0.1, -0.05) is 6.07 Å². The van der Waals surface area contributed by atoms with Crippen LogP contribution in [0.2, 0.25) is 0 Å². The van der Waals surface area contributed by atoms with Crippen LogP contribution in [-0.4, -0.2) is 43.5 Å². The van der Waals surface area contributed by atoms with Gasteiger partial charge in [0.15, 0.2) is 0 Å². The minimum Gasteiger partial charge on any atom is -0.353 e. The minimum atomic E-state index is -3.09. The third-order valence-corrected chi connectivity index (χ3v) is 6.57. The average Bonchev–Trinajstić information content (AvgIpc) is 2.99. The molecule has 2 heterocycles. The standard InChI is InChI=1S/C14H22N2O3S2/c1-2-21(18,19)16-9-7-12(8-10-16)15-14(17)6-5-13-4-3-11-20-13/h3-4,11-12H,2,5-10H2,1H3,(H,15,17). The molecule has 21 heavy (non-hydrogen) atoms. The number of hydrogen-bond acceptors (Lipinski definition) is 4. The smallest absolute Gasteiger partial charge is 0.220 e. The highest BCUT2D eigenvalue weighted by molar-refractivity contribution is 7.89. The van der Waals surface area contributed by atoms with E-state index in [0.29, 0.717) is 32.4 Å². The van der Waals surface area contributed by atoms with Crippen LogP contribution < -0.4 is 5.32 Å². The first-order valence-corrected chi connectivity index (χ1v) is 9.79. The highest BCUT2D eigenvalue weighted by atomic mass is 32.2. The number of amides is 1. The monoisotopic (exact) mass is 330 g/mol. The molecule has 2 rings (SSSR count). The van der Waals surface area contributed by atoms with E-state index in [1.165, 1.54) is 9.18 Å². The second-order valence-electron chi connectivity index (χ2n) is 5.22. The van der Waals surface area contributed by atoms with Gasteiger partial charge in [-0.05, 0) is 37.6 Å². The molecule has 118 valence electrons. The third kappa shape index (κ3) is 4.79. The Morgan fingerprint density at radius 1 is 1.43 bits per heavy atom. The summed E-state index contributed by atoms with van der Waals surface area (Å²) in [6, 6.07) is 4.12. The average molecular weight is 330 g/mol. The Kier molecular flexibility index (Phi) is 5.78. The molecule has 1 fully saturated rings. The molecule has 5 nitrogen and oxygen atoms in total. The number of nitrogens with zero attached hydrogens (tertiary/aromatic N) is 1. The van der Waals surface area contributed by atoms with Gasteiger partial charge in [0.05, 0.1) is 5.75 Å². The van der Waals surface area contributed by atoms with Crippen molar-refractivity contribution in [3.8, 4) is 0 Å². The molecule has 0 bridgehead atoms. The quantitative estimate of drug-likeness (QED) is 0.862. The molecule has 7 heteroatoms. The summed E-state index contributed by atoms with van der Waals surface area (Å²) in [6.45, 7) is 2.67. The maximum absolute atomic E-state index is 11.9. The van der Waals surface area contributed by atoms with Gasteiger partial charge in [-0.15, -0.1) is 11.3 Å². The van der Waals surface area contributed by atoms with Crippen LogP contribution in [0.5, 0.6) is 0 Å². The number of piperidine rings is 1. The zero-order valence-electron chi connectivity index (χ0n) is 12.2. The predicted molar refractivity (Wildman–Crippen MR) is 84.8 cm³/mol. The van der Waals surface area contributed by atoms with Crippen molar-refractivity contribution in [3.63, 3.8) is 0 Å². The summed E-state index contributed by atoms with van der Waals surface area (Å²) < 4.78 is 25.0.